The molecular weight excluding hydrogens is 476 g/mol. The third-order valence-corrected chi connectivity index (χ3v) is 5.77. The van der Waals surface area contributed by atoms with Crippen molar-refractivity contribution in [1.29, 1.82) is 0 Å². The molecule has 0 saturated heterocycles. The summed E-state index contributed by atoms with van der Waals surface area (Å²) in [6, 6.07) is 4.02. The molecule has 0 aromatic heterocycles. The van der Waals surface area contributed by atoms with Crippen LogP contribution in [0.1, 0.15) is 32.3 Å². The molecule has 0 aliphatic carbocycles. The molecule has 0 radical (unpaired) electrons. The van der Waals surface area contributed by atoms with Crippen molar-refractivity contribution in [2.24, 2.45) is 11.7 Å². The molecule has 11 nitrogen and oxygen atoms in total. The molecule has 35 heavy (non-hydrogen) atoms. The highest BCUT2D eigenvalue weighted by molar-refractivity contribution is 7.98. The van der Waals surface area contributed by atoms with Crippen molar-refractivity contribution in [2.45, 2.75) is 57.3 Å². The molecule has 0 bridgehead atoms. The lowest BCUT2D eigenvalue weighted by Crippen LogP contribution is -2.59. The van der Waals surface area contributed by atoms with Crippen molar-refractivity contribution >= 4 is 41.4 Å². The van der Waals surface area contributed by atoms with Gasteiger partial charge in [-0.1, -0.05) is 44.2 Å². The van der Waals surface area contributed by atoms with E-state index in [-0.39, 0.29) is 12.3 Å². The fraction of sp³-hybridized carbons (Fsp3) is 0.522. The minimum Gasteiger partial charge on any atom is -0.481 e. The van der Waals surface area contributed by atoms with Crippen molar-refractivity contribution in [3.05, 3.63) is 35.9 Å². The molecule has 1 aromatic carbocycles. The van der Waals surface area contributed by atoms with Crippen molar-refractivity contribution in [3.63, 3.8) is 0 Å². The quantitative estimate of drug-likeness (QED) is 0.188. The second kappa shape index (κ2) is 15.0. The van der Waals surface area contributed by atoms with Gasteiger partial charge in [-0.3, -0.25) is 19.2 Å². The molecule has 0 aliphatic rings. The Bertz CT molecular complexity index is 882. The second-order valence-electron chi connectivity index (χ2n) is 8.37. The highest BCUT2D eigenvalue weighted by atomic mass is 32.2. The maximum Gasteiger partial charge on any atom is 0.326 e. The number of hydrogen-bond donors (Lipinski definition) is 6. The van der Waals surface area contributed by atoms with Gasteiger partial charge in [-0.15, -0.1) is 0 Å². The summed E-state index contributed by atoms with van der Waals surface area (Å²) in [6.45, 7) is 3.44. The van der Waals surface area contributed by atoms with Gasteiger partial charge < -0.3 is 31.9 Å². The van der Waals surface area contributed by atoms with Crippen LogP contribution in [-0.2, 0) is 30.4 Å². The fourth-order valence-electron chi connectivity index (χ4n) is 3.14. The first kappa shape index (κ1) is 29.9. The number of aliphatic carboxylic acids is 2. The Labute approximate surface area is 208 Å². The van der Waals surface area contributed by atoms with E-state index < -0.39 is 60.2 Å². The van der Waals surface area contributed by atoms with E-state index in [9.17, 15) is 29.1 Å². The Morgan fingerprint density at radius 1 is 0.914 bits per heavy atom. The summed E-state index contributed by atoms with van der Waals surface area (Å²) in [5.74, 6) is -4.59. The molecule has 0 fully saturated rings. The van der Waals surface area contributed by atoms with Gasteiger partial charge in [0.05, 0.1) is 12.5 Å². The second-order valence-corrected chi connectivity index (χ2v) is 9.35. The molecule has 0 heterocycles. The molecule has 194 valence electrons. The Morgan fingerprint density at radius 3 is 2.03 bits per heavy atom. The summed E-state index contributed by atoms with van der Waals surface area (Å²) in [4.78, 5) is 60.9. The number of amides is 3. The van der Waals surface area contributed by atoms with Crippen LogP contribution in [0, 0.1) is 5.92 Å². The molecule has 0 aliphatic heterocycles. The maximum absolute atomic E-state index is 13.1. The van der Waals surface area contributed by atoms with Crippen molar-refractivity contribution < 1.29 is 34.2 Å². The summed E-state index contributed by atoms with van der Waals surface area (Å²) in [6.07, 6.45) is 1.51. The number of carboxylic acids is 2. The summed E-state index contributed by atoms with van der Waals surface area (Å²) in [7, 11) is 0. The number of rotatable bonds is 15. The average molecular weight is 511 g/mol. The van der Waals surface area contributed by atoms with Crippen molar-refractivity contribution in [2.75, 3.05) is 12.0 Å². The zero-order valence-electron chi connectivity index (χ0n) is 20.0. The number of carboxylic acid groups (broad SMARTS) is 2. The third-order valence-electron chi connectivity index (χ3n) is 5.13. The van der Waals surface area contributed by atoms with Gasteiger partial charge in [0.1, 0.15) is 18.1 Å². The van der Waals surface area contributed by atoms with Crippen molar-refractivity contribution in [1.82, 2.24) is 16.0 Å². The number of nitrogens with one attached hydrogen (secondary N) is 3. The Kier molecular flexibility index (Phi) is 12.8. The summed E-state index contributed by atoms with van der Waals surface area (Å²) < 4.78 is 0. The lowest BCUT2D eigenvalue weighted by Gasteiger charge is -2.27. The number of hydrogen-bond acceptors (Lipinski definition) is 7. The van der Waals surface area contributed by atoms with Crippen LogP contribution in [0.2, 0.25) is 0 Å². The molecule has 4 unspecified atom stereocenters. The van der Waals surface area contributed by atoms with Crippen LogP contribution < -0.4 is 21.7 Å². The molecule has 0 spiro atoms. The van der Waals surface area contributed by atoms with E-state index in [1.165, 1.54) is 11.8 Å². The van der Waals surface area contributed by atoms with Gasteiger partial charge >= 0.3 is 11.9 Å². The van der Waals surface area contributed by atoms with Gasteiger partial charge in [0, 0.05) is 6.42 Å². The standard InChI is InChI=1S/C23H34N4O7S/c1-13(2)19(27-20(30)15(24)9-10-35-3)22(32)25-16(11-14-7-5-4-6-8-14)21(31)26-17(23(33)34)12-18(28)29/h4-8,13,15-17,19H,9-12,24H2,1-3H3,(H,25,32)(H,26,31)(H,27,30)(H,28,29)(H,33,34). The van der Waals surface area contributed by atoms with E-state index >= 15 is 0 Å². The molecule has 3 amide bonds. The topological polar surface area (TPSA) is 188 Å². The van der Waals surface area contributed by atoms with Gasteiger partial charge in [0.2, 0.25) is 17.7 Å². The molecule has 7 N–H and O–H groups in total. The van der Waals surface area contributed by atoms with E-state index in [1.807, 2.05) is 6.26 Å². The van der Waals surface area contributed by atoms with Gasteiger partial charge in [0.15, 0.2) is 0 Å². The van der Waals surface area contributed by atoms with E-state index in [0.29, 0.717) is 17.7 Å². The summed E-state index contributed by atoms with van der Waals surface area (Å²) >= 11 is 1.54. The molecule has 12 heteroatoms. The van der Waals surface area contributed by atoms with Crippen LogP contribution in [0.5, 0.6) is 0 Å². The molecule has 1 rings (SSSR count). The number of carbonyl (C=O) groups excluding carboxylic acids is 3. The van der Waals surface area contributed by atoms with Gasteiger partial charge in [0.25, 0.3) is 0 Å². The van der Waals surface area contributed by atoms with Gasteiger partial charge in [-0.25, -0.2) is 4.79 Å². The van der Waals surface area contributed by atoms with Crippen LogP contribution in [-0.4, -0.2) is 76.0 Å². The van der Waals surface area contributed by atoms with Crippen LogP contribution in [0.4, 0.5) is 0 Å². The Hall–Kier alpha value is -3.12. The first-order valence-electron chi connectivity index (χ1n) is 11.1. The first-order chi connectivity index (χ1) is 16.5. The van der Waals surface area contributed by atoms with Crippen LogP contribution in [0.3, 0.4) is 0 Å². The van der Waals surface area contributed by atoms with Crippen molar-refractivity contribution in [3.8, 4) is 0 Å². The summed E-state index contributed by atoms with van der Waals surface area (Å²) in [5.41, 5.74) is 6.58. The van der Waals surface area contributed by atoms with Gasteiger partial charge in [-0.2, -0.15) is 11.8 Å². The maximum atomic E-state index is 13.1. The minimum atomic E-state index is -1.68. The van der Waals surface area contributed by atoms with E-state index in [0.717, 1.165) is 0 Å². The van der Waals surface area contributed by atoms with Crippen LogP contribution >= 0.6 is 11.8 Å². The molecule has 4 atom stereocenters. The third kappa shape index (κ3) is 10.8. The van der Waals surface area contributed by atoms with Crippen LogP contribution in [0.25, 0.3) is 0 Å². The molecular formula is C23H34N4O7S. The zero-order chi connectivity index (χ0) is 26.5. The lowest BCUT2D eigenvalue weighted by atomic mass is 10.00. The smallest absolute Gasteiger partial charge is 0.326 e. The monoisotopic (exact) mass is 510 g/mol. The SMILES string of the molecule is CSCCC(N)C(=O)NC(C(=O)NC(Cc1ccccc1)C(=O)NC(CC(=O)O)C(=O)O)C(C)C. The van der Waals surface area contributed by atoms with Gasteiger partial charge in [-0.05, 0) is 29.9 Å². The average Bonchev–Trinajstić information content (AvgIpc) is 2.79. The van der Waals surface area contributed by atoms with E-state index in [2.05, 4.69) is 16.0 Å². The number of carbonyl (C=O) groups is 5. The predicted molar refractivity (Wildman–Crippen MR) is 132 cm³/mol. The van der Waals surface area contributed by atoms with Crippen LogP contribution in [0.15, 0.2) is 30.3 Å². The number of nitrogens with two attached hydrogens (primary N) is 1. The number of thioether (sulfide) groups is 1. The Balaban J connectivity index is 3.07. The normalized spacial score (nSPS) is 14.3. The number of benzene rings is 1. The predicted octanol–water partition coefficient (Wildman–Crippen LogP) is -0.0208. The Morgan fingerprint density at radius 2 is 1.51 bits per heavy atom. The van der Waals surface area contributed by atoms with E-state index in [4.69, 9.17) is 10.8 Å². The largest absolute Gasteiger partial charge is 0.481 e. The summed E-state index contributed by atoms with van der Waals surface area (Å²) in [5, 5.41) is 25.6. The highest BCUT2D eigenvalue weighted by Gasteiger charge is 2.32. The molecule has 0 saturated carbocycles. The first-order valence-corrected chi connectivity index (χ1v) is 12.5. The highest BCUT2D eigenvalue weighted by Crippen LogP contribution is 2.08. The van der Waals surface area contributed by atoms with E-state index in [1.54, 1.807) is 44.2 Å². The zero-order valence-corrected chi connectivity index (χ0v) is 20.8. The minimum absolute atomic E-state index is 0.0177. The lowest BCUT2D eigenvalue weighted by molar-refractivity contribution is -0.147. The molecule has 1 aromatic rings. The fourth-order valence-corrected chi connectivity index (χ4v) is 3.63.